The topological polar surface area (TPSA) is 40.5 Å². The molecule has 1 saturated heterocycles. The Morgan fingerprint density at radius 2 is 1.93 bits per heavy atom. The van der Waals surface area contributed by atoms with Gasteiger partial charge in [-0.2, -0.15) is 0 Å². The molecular formula is C12H21NO2. The van der Waals surface area contributed by atoms with Crippen molar-refractivity contribution in [2.75, 3.05) is 13.1 Å². The zero-order valence-corrected chi connectivity index (χ0v) is 9.54. The quantitative estimate of drug-likeness (QED) is 0.777. The predicted molar refractivity (Wildman–Crippen MR) is 58.8 cm³/mol. The van der Waals surface area contributed by atoms with Crippen LogP contribution in [0.3, 0.4) is 0 Å². The van der Waals surface area contributed by atoms with E-state index in [-0.39, 0.29) is 6.04 Å². The van der Waals surface area contributed by atoms with Crippen LogP contribution in [0.2, 0.25) is 0 Å². The molecule has 3 heteroatoms. The summed E-state index contributed by atoms with van der Waals surface area (Å²) in [6.45, 7) is 3.95. The molecule has 0 bridgehead atoms. The zero-order valence-electron chi connectivity index (χ0n) is 9.54. The zero-order chi connectivity index (χ0) is 10.9. The molecule has 0 aromatic heterocycles. The van der Waals surface area contributed by atoms with Gasteiger partial charge in [0.1, 0.15) is 6.04 Å². The van der Waals surface area contributed by atoms with E-state index in [0.29, 0.717) is 5.41 Å². The third kappa shape index (κ3) is 2.03. The first-order valence-corrected chi connectivity index (χ1v) is 6.14. The third-order valence-electron chi connectivity index (χ3n) is 4.39. The Morgan fingerprint density at radius 3 is 2.27 bits per heavy atom. The number of carboxylic acid groups (broad SMARTS) is 1. The average Bonchev–Trinajstić information content (AvgIpc) is 2.17. The van der Waals surface area contributed by atoms with Crippen molar-refractivity contribution in [1.82, 2.24) is 4.90 Å². The average molecular weight is 211 g/mol. The van der Waals surface area contributed by atoms with Crippen molar-refractivity contribution in [2.24, 2.45) is 5.41 Å². The molecule has 86 valence electrons. The van der Waals surface area contributed by atoms with E-state index >= 15 is 0 Å². The van der Waals surface area contributed by atoms with Gasteiger partial charge in [0.25, 0.3) is 0 Å². The molecule has 1 spiro atoms. The maximum absolute atomic E-state index is 11.0. The molecule has 2 rings (SSSR count). The Labute approximate surface area is 91.5 Å². The van der Waals surface area contributed by atoms with Crippen molar-refractivity contribution in [3.8, 4) is 0 Å². The number of likely N-dealkylation sites (tertiary alicyclic amines) is 1. The molecule has 1 heterocycles. The molecule has 3 nitrogen and oxygen atoms in total. The van der Waals surface area contributed by atoms with Gasteiger partial charge in [-0.15, -0.1) is 0 Å². The van der Waals surface area contributed by atoms with E-state index < -0.39 is 5.97 Å². The van der Waals surface area contributed by atoms with E-state index in [1.807, 2.05) is 6.92 Å². The van der Waals surface area contributed by atoms with Gasteiger partial charge in [-0.05, 0) is 50.6 Å². The summed E-state index contributed by atoms with van der Waals surface area (Å²) in [6.07, 6.45) is 7.31. The summed E-state index contributed by atoms with van der Waals surface area (Å²) in [5.74, 6) is -0.651. The molecule has 0 radical (unpaired) electrons. The van der Waals surface area contributed by atoms with Crippen LogP contribution >= 0.6 is 0 Å². The number of aliphatic carboxylic acids is 1. The first-order valence-electron chi connectivity index (χ1n) is 6.14. The minimum absolute atomic E-state index is 0.248. The normalized spacial score (nSPS) is 27.3. The second kappa shape index (κ2) is 4.12. The molecule has 0 aromatic carbocycles. The highest BCUT2D eigenvalue weighted by Gasteiger charge is 2.41. The number of hydrogen-bond acceptors (Lipinski definition) is 2. The lowest BCUT2D eigenvalue weighted by molar-refractivity contribution is -0.145. The standard InChI is InChI=1S/C12H21NO2/c1-2-10(11(14)15)13-8-6-12(7-9-13)4-3-5-12/h10H,2-9H2,1H3,(H,14,15). The van der Waals surface area contributed by atoms with E-state index in [4.69, 9.17) is 5.11 Å². The number of rotatable bonds is 3. The highest BCUT2D eigenvalue weighted by Crippen LogP contribution is 2.49. The second-order valence-corrected chi connectivity index (χ2v) is 5.15. The molecule has 0 aromatic rings. The van der Waals surface area contributed by atoms with Gasteiger partial charge in [0.05, 0.1) is 0 Å². The van der Waals surface area contributed by atoms with Crippen LogP contribution in [0.1, 0.15) is 45.4 Å². The van der Waals surface area contributed by atoms with Crippen molar-refractivity contribution >= 4 is 5.97 Å². The lowest BCUT2D eigenvalue weighted by Gasteiger charge is -2.49. The molecule has 1 unspecified atom stereocenters. The molecule has 1 N–H and O–H groups in total. The molecule has 1 aliphatic heterocycles. The van der Waals surface area contributed by atoms with Crippen LogP contribution in [0.25, 0.3) is 0 Å². The van der Waals surface area contributed by atoms with Gasteiger partial charge in [0.2, 0.25) is 0 Å². The number of carboxylic acids is 1. The molecule has 15 heavy (non-hydrogen) atoms. The second-order valence-electron chi connectivity index (χ2n) is 5.15. The van der Waals surface area contributed by atoms with Gasteiger partial charge >= 0.3 is 5.97 Å². The summed E-state index contributed by atoms with van der Waals surface area (Å²) in [7, 11) is 0. The van der Waals surface area contributed by atoms with Crippen LogP contribution in [0, 0.1) is 5.41 Å². The van der Waals surface area contributed by atoms with Crippen LogP contribution in [0.15, 0.2) is 0 Å². The van der Waals surface area contributed by atoms with Gasteiger partial charge in [0, 0.05) is 0 Å². The Kier molecular flexibility index (Phi) is 3.01. The van der Waals surface area contributed by atoms with Gasteiger partial charge in [-0.1, -0.05) is 13.3 Å². The SMILES string of the molecule is CCC(C(=O)O)N1CCC2(CCC2)CC1. The molecule has 1 aliphatic carbocycles. The minimum Gasteiger partial charge on any atom is -0.480 e. The lowest BCUT2D eigenvalue weighted by Crippen LogP contribution is -2.49. The monoisotopic (exact) mass is 211 g/mol. The van der Waals surface area contributed by atoms with E-state index in [1.54, 1.807) is 0 Å². The first kappa shape index (κ1) is 10.9. The highest BCUT2D eigenvalue weighted by atomic mass is 16.4. The molecule has 1 atom stereocenters. The number of nitrogens with zero attached hydrogens (tertiary/aromatic N) is 1. The van der Waals surface area contributed by atoms with Crippen molar-refractivity contribution in [3.05, 3.63) is 0 Å². The Balaban J connectivity index is 1.89. The summed E-state index contributed by atoms with van der Waals surface area (Å²) in [5.41, 5.74) is 0.618. The van der Waals surface area contributed by atoms with Crippen LogP contribution in [0.5, 0.6) is 0 Å². The maximum atomic E-state index is 11.0. The van der Waals surface area contributed by atoms with Crippen LogP contribution in [0.4, 0.5) is 0 Å². The first-order chi connectivity index (χ1) is 7.17. The van der Waals surface area contributed by atoms with Crippen LogP contribution in [-0.2, 0) is 4.79 Å². The smallest absolute Gasteiger partial charge is 0.320 e. The fourth-order valence-electron chi connectivity index (χ4n) is 3.08. The Bertz CT molecular complexity index is 238. The largest absolute Gasteiger partial charge is 0.480 e. The van der Waals surface area contributed by atoms with Crippen LogP contribution < -0.4 is 0 Å². The summed E-state index contributed by atoms with van der Waals surface area (Å²) in [5, 5.41) is 9.09. The summed E-state index contributed by atoms with van der Waals surface area (Å²) < 4.78 is 0. The molecule has 1 saturated carbocycles. The Morgan fingerprint density at radius 1 is 1.33 bits per heavy atom. The lowest BCUT2D eigenvalue weighted by atomic mass is 9.63. The van der Waals surface area contributed by atoms with E-state index in [2.05, 4.69) is 4.90 Å². The van der Waals surface area contributed by atoms with E-state index in [9.17, 15) is 4.79 Å². The molecular weight excluding hydrogens is 190 g/mol. The van der Waals surface area contributed by atoms with Gasteiger partial charge < -0.3 is 5.11 Å². The molecule has 2 aliphatic rings. The van der Waals surface area contributed by atoms with E-state index in [0.717, 1.165) is 19.5 Å². The minimum atomic E-state index is -0.651. The maximum Gasteiger partial charge on any atom is 0.320 e. The van der Waals surface area contributed by atoms with Crippen LogP contribution in [-0.4, -0.2) is 35.1 Å². The fourth-order valence-corrected chi connectivity index (χ4v) is 3.08. The number of piperidine rings is 1. The molecule has 2 fully saturated rings. The number of hydrogen-bond donors (Lipinski definition) is 1. The molecule has 0 amide bonds. The van der Waals surface area contributed by atoms with Crippen molar-refractivity contribution in [3.63, 3.8) is 0 Å². The number of carbonyl (C=O) groups is 1. The fraction of sp³-hybridized carbons (Fsp3) is 0.917. The van der Waals surface area contributed by atoms with E-state index in [1.165, 1.54) is 32.1 Å². The summed E-state index contributed by atoms with van der Waals surface area (Å²) in [4.78, 5) is 13.2. The van der Waals surface area contributed by atoms with Gasteiger partial charge in [-0.3, -0.25) is 9.69 Å². The van der Waals surface area contributed by atoms with Crippen molar-refractivity contribution in [1.29, 1.82) is 0 Å². The van der Waals surface area contributed by atoms with Crippen molar-refractivity contribution in [2.45, 2.75) is 51.5 Å². The summed E-state index contributed by atoms with van der Waals surface area (Å²) in [6, 6.07) is -0.248. The van der Waals surface area contributed by atoms with Crippen molar-refractivity contribution < 1.29 is 9.90 Å². The predicted octanol–water partition coefficient (Wildman–Crippen LogP) is 2.12. The third-order valence-corrected chi connectivity index (χ3v) is 4.39. The summed E-state index contributed by atoms with van der Waals surface area (Å²) >= 11 is 0. The Hall–Kier alpha value is -0.570. The van der Waals surface area contributed by atoms with Gasteiger partial charge in [-0.25, -0.2) is 0 Å². The highest BCUT2D eigenvalue weighted by molar-refractivity contribution is 5.73. The van der Waals surface area contributed by atoms with Gasteiger partial charge in [0.15, 0.2) is 0 Å².